The van der Waals surface area contributed by atoms with E-state index in [-0.39, 0.29) is 15.6 Å². The van der Waals surface area contributed by atoms with Crippen LogP contribution < -0.4 is 10.6 Å². The molecule has 130 valence electrons. The SMILES string of the molecule is Cn1cc(Br)c(Nc2ncc(C(=O)Nc3c(Cl)ccc(O)c3F)s2)n1. The Hall–Kier alpha value is -2.17. The molecule has 3 aromatic rings. The Morgan fingerprint density at radius 1 is 1.48 bits per heavy atom. The standard InChI is InChI=1S/C14H10BrClFN5O2S/c1-22-5-6(15)12(21-22)20-14-18-4-9(25-14)13(24)19-11-7(16)2-3-8(23)10(11)17/h2-5,23H,1H3,(H,19,24)(H,18,20,21). The molecule has 0 unspecified atom stereocenters. The van der Waals surface area contributed by atoms with E-state index in [9.17, 15) is 14.3 Å². The maximum Gasteiger partial charge on any atom is 0.267 e. The Morgan fingerprint density at radius 3 is 2.92 bits per heavy atom. The maximum absolute atomic E-state index is 13.9. The summed E-state index contributed by atoms with van der Waals surface area (Å²) in [5, 5.41) is 19.3. The lowest BCUT2D eigenvalue weighted by Gasteiger charge is -2.08. The summed E-state index contributed by atoms with van der Waals surface area (Å²) in [4.78, 5) is 16.6. The number of thiazole rings is 1. The van der Waals surface area contributed by atoms with Gasteiger partial charge in [0.15, 0.2) is 22.5 Å². The number of aromatic nitrogens is 3. The molecule has 0 spiro atoms. The Labute approximate surface area is 158 Å². The van der Waals surface area contributed by atoms with Gasteiger partial charge in [-0.3, -0.25) is 9.48 Å². The van der Waals surface area contributed by atoms with Crippen molar-refractivity contribution in [2.45, 2.75) is 0 Å². The van der Waals surface area contributed by atoms with Crippen LogP contribution in [-0.4, -0.2) is 25.8 Å². The van der Waals surface area contributed by atoms with Gasteiger partial charge in [0.1, 0.15) is 10.6 Å². The van der Waals surface area contributed by atoms with E-state index in [1.165, 1.54) is 12.3 Å². The van der Waals surface area contributed by atoms with Crippen LogP contribution in [0.2, 0.25) is 5.02 Å². The predicted molar refractivity (Wildman–Crippen MR) is 97.3 cm³/mol. The van der Waals surface area contributed by atoms with Crippen LogP contribution in [0.4, 0.5) is 21.0 Å². The zero-order valence-electron chi connectivity index (χ0n) is 12.5. The van der Waals surface area contributed by atoms with Crippen LogP contribution in [0.1, 0.15) is 9.67 Å². The molecule has 2 aromatic heterocycles. The third-order valence-corrected chi connectivity index (χ3v) is 4.86. The minimum atomic E-state index is -0.999. The van der Waals surface area contributed by atoms with Crippen LogP contribution in [0.15, 0.2) is 29.0 Å². The monoisotopic (exact) mass is 445 g/mol. The fourth-order valence-electron chi connectivity index (χ4n) is 1.91. The smallest absolute Gasteiger partial charge is 0.267 e. The minimum Gasteiger partial charge on any atom is -0.505 e. The molecule has 2 heterocycles. The summed E-state index contributed by atoms with van der Waals surface area (Å²) >= 11 is 10.3. The van der Waals surface area contributed by atoms with Gasteiger partial charge < -0.3 is 15.7 Å². The predicted octanol–water partition coefficient (Wildman–Crippen LogP) is 4.13. The molecule has 0 radical (unpaired) electrons. The number of anilines is 3. The molecule has 0 aliphatic carbocycles. The molecular weight excluding hydrogens is 437 g/mol. The Bertz CT molecular complexity index is 961. The number of aromatic hydroxyl groups is 1. The van der Waals surface area contributed by atoms with E-state index in [1.807, 2.05) is 0 Å². The van der Waals surface area contributed by atoms with E-state index in [1.54, 1.807) is 17.9 Å². The molecule has 1 amide bonds. The summed E-state index contributed by atoms with van der Waals surface area (Å²) in [6, 6.07) is 2.39. The average molecular weight is 447 g/mol. The van der Waals surface area contributed by atoms with Gasteiger partial charge in [0.05, 0.1) is 15.7 Å². The van der Waals surface area contributed by atoms with Crippen LogP contribution in [0.25, 0.3) is 0 Å². The van der Waals surface area contributed by atoms with Crippen molar-refractivity contribution in [3.63, 3.8) is 0 Å². The molecule has 25 heavy (non-hydrogen) atoms. The topological polar surface area (TPSA) is 92.1 Å². The number of phenols is 1. The maximum atomic E-state index is 13.9. The number of benzene rings is 1. The second-order valence-corrected chi connectivity index (χ2v) is 7.16. The Balaban J connectivity index is 1.77. The molecule has 11 heteroatoms. The molecule has 0 aliphatic heterocycles. The summed E-state index contributed by atoms with van der Waals surface area (Å²) < 4.78 is 16.2. The first kappa shape index (κ1) is 17.6. The molecular formula is C14H10BrClFN5O2S. The van der Waals surface area contributed by atoms with Gasteiger partial charge in [-0.05, 0) is 28.1 Å². The molecule has 0 saturated heterocycles. The molecule has 3 N–H and O–H groups in total. The summed E-state index contributed by atoms with van der Waals surface area (Å²) in [7, 11) is 1.77. The van der Waals surface area contributed by atoms with Crippen LogP contribution in [0.5, 0.6) is 5.75 Å². The first-order valence-corrected chi connectivity index (χ1v) is 8.74. The van der Waals surface area contributed by atoms with Crippen LogP contribution in [-0.2, 0) is 7.05 Å². The minimum absolute atomic E-state index is 0.0241. The van der Waals surface area contributed by atoms with Gasteiger partial charge in [0, 0.05) is 13.2 Å². The van der Waals surface area contributed by atoms with Crippen molar-refractivity contribution in [3.8, 4) is 5.75 Å². The van der Waals surface area contributed by atoms with Crippen molar-refractivity contribution < 1.29 is 14.3 Å². The molecule has 1 aromatic carbocycles. The van der Waals surface area contributed by atoms with Gasteiger partial charge in [-0.15, -0.1) is 0 Å². The first-order chi connectivity index (χ1) is 11.8. The van der Waals surface area contributed by atoms with E-state index < -0.39 is 17.5 Å². The second-order valence-electron chi connectivity index (χ2n) is 4.86. The van der Waals surface area contributed by atoms with E-state index in [2.05, 4.69) is 36.6 Å². The van der Waals surface area contributed by atoms with Gasteiger partial charge >= 0.3 is 0 Å². The fraction of sp³-hybridized carbons (Fsp3) is 0.0714. The molecule has 0 atom stereocenters. The average Bonchev–Trinajstić information content (AvgIpc) is 3.14. The summed E-state index contributed by atoms with van der Waals surface area (Å²) in [5.41, 5.74) is -0.290. The molecule has 0 fully saturated rings. The highest BCUT2D eigenvalue weighted by Crippen LogP contribution is 2.32. The summed E-state index contributed by atoms with van der Waals surface area (Å²) in [5.74, 6) is -1.66. The number of nitrogens with zero attached hydrogens (tertiary/aromatic N) is 3. The number of aryl methyl sites for hydroxylation is 1. The lowest BCUT2D eigenvalue weighted by molar-refractivity contribution is 0.103. The van der Waals surface area contributed by atoms with Gasteiger partial charge in [-0.1, -0.05) is 22.9 Å². The lowest BCUT2D eigenvalue weighted by Crippen LogP contribution is -2.12. The van der Waals surface area contributed by atoms with Crippen LogP contribution in [0.3, 0.4) is 0 Å². The third-order valence-electron chi connectivity index (χ3n) is 3.05. The van der Waals surface area contributed by atoms with E-state index in [0.29, 0.717) is 10.9 Å². The van der Waals surface area contributed by atoms with Crippen molar-refractivity contribution >= 4 is 61.4 Å². The van der Waals surface area contributed by atoms with Gasteiger partial charge in [0.2, 0.25) is 0 Å². The number of halogens is 3. The zero-order valence-corrected chi connectivity index (χ0v) is 15.7. The number of hydrogen-bond donors (Lipinski definition) is 3. The van der Waals surface area contributed by atoms with Gasteiger partial charge in [-0.25, -0.2) is 9.37 Å². The number of rotatable bonds is 4. The first-order valence-electron chi connectivity index (χ1n) is 6.75. The van der Waals surface area contributed by atoms with E-state index >= 15 is 0 Å². The number of hydrogen-bond acceptors (Lipinski definition) is 6. The largest absolute Gasteiger partial charge is 0.505 e. The number of amides is 1. The third kappa shape index (κ3) is 3.75. The van der Waals surface area contributed by atoms with Crippen LogP contribution >= 0.6 is 38.9 Å². The quantitative estimate of drug-likeness (QED) is 0.560. The zero-order chi connectivity index (χ0) is 18.1. The molecule has 7 nitrogen and oxygen atoms in total. The molecule has 0 aliphatic rings. The van der Waals surface area contributed by atoms with Crippen LogP contribution in [0, 0.1) is 5.82 Å². The fourth-order valence-corrected chi connectivity index (χ4v) is 3.29. The van der Waals surface area contributed by atoms with Crippen molar-refractivity contribution in [3.05, 3.63) is 44.7 Å². The summed E-state index contributed by atoms with van der Waals surface area (Å²) in [6.07, 6.45) is 3.10. The molecule has 0 bridgehead atoms. The number of phenolic OH excluding ortho intramolecular Hbond substituents is 1. The molecule has 3 rings (SSSR count). The Kier molecular flexibility index (Phi) is 4.93. The van der Waals surface area contributed by atoms with Gasteiger partial charge in [-0.2, -0.15) is 5.10 Å². The number of nitrogens with one attached hydrogen (secondary N) is 2. The lowest BCUT2D eigenvalue weighted by atomic mass is 10.2. The van der Waals surface area contributed by atoms with Gasteiger partial charge in [0.25, 0.3) is 5.91 Å². The highest BCUT2D eigenvalue weighted by Gasteiger charge is 2.18. The highest BCUT2D eigenvalue weighted by molar-refractivity contribution is 9.10. The van der Waals surface area contributed by atoms with Crippen molar-refractivity contribution in [1.29, 1.82) is 0 Å². The normalized spacial score (nSPS) is 10.7. The number of carbonyl (C=O) groups excluding carboxylic acids is 1. The van der Waals surface area contributed by atoms with Crippen molar-refractivity contribution in [2.75, 3.05) is 10.6 Å². The number of carbonyl (C=O) groups is 1. The second kappa shape index (κ2) is 6.98. The van der Waals surface area contributed by atoms with E-state index in [0.717, 1.165) is 21.9 Å². The Morgan fingerprint density at radius 2 is 2.24 bits per heavy atom. The van der Waals surface area contributed by atoms with Crippen molar-refractivity contribution in [1.82, 2.24) is 14.8 Å². The highest BCUT2D eigenvalue weighted by atomic mass is 79.9. The summed E-state index contributed by atoms with van der Waals surface area (Å²) in [6.45, 7) is 0. The van der Waals surface area contributed by atoms with E-state index in [4.69, 9.17) is 11.6 Å². The molecule has 0 saturated carbocycles. The van der Waals surface area contributed by atoms with Crippen molar-refractivity contribution in [2.24, 2.45) is 7.05 Å².